The molecule has 0 aliphatic heterocycles. The van der Waals surface area contributed by atoms with Gasteiger partial charge in [0.1, 0.15) is 5.82 Å². The van der Waals surface area contributed by atoms with Crippen molar-refractivity contribution < 1.29 is 0 Å². The van der Waals surface area contributed by atoms with E-state index in [2.05, 4.69) is 20.4 Å². The summed E-state index contributed by atoms with van der Waals surface area (Å²) >= 11 is 0. The molecule has 6 heteroatoms. The lowest BCUT2D eigenvalue weighted by Crippen LogP contribution is -2.26. The molecule has 6 nitrogen and oxygen atoms in total. The highest BCUT2D eigenvalue weighted by molar-refractivity contribution is 5.80. The third-order valence-corrected chi connectivity index (χ3v) is 3.45. The van der Waals surface area contributed by atoms with Gasteiger partial charge in [-0.05, 0) is 19.9 Å². The van der Waals surface area contributed by atoms with Crippen molar-refractivity contribution in [1.82, 2.24) is 19.7 Å². The molecule has 0 saturated carbocycles. The Morgan fingerprint density at radius 2 is 2.00 bits per heavy atom. The van der Waals surface area contributed by atoms with Gasteiger partial charge in [0, 0.05) is 18.1 Å². The average Bonchev–Trinajstić information content (AvgIpc) is 2.53. The summed E-state index contributed by atoms with van der Waals surface area (Å²) in [6.45, 7) is 4.82. The topological polar surface area (TPSA) is 72.7 Å². The number of nitrogens with zero attached hydrogens (tertiary/aromatic N) is 4. The van der Waals surface area contributed by atoms with Gasteiger partial charge < -0.3 is 5.32 Å². The second-order valence-corrected chi connectivity index (χ2v) is 5.13. The lowest BCUT2D eigenvalue weighted by Gasteiger charge is -2.09. The van der Waals surface area contributed by atoms with Crippen molar-refractivity contribution in [2.75, 3.05) is 11.9 Å². The maximum absolute atomic E-state index is 12.3. The number of hydrogen-bond acceptors (Lipinski definition) is 5. The van der Waals surface area contributed by atoms with Crippen LogP contribution >= 0.6 is 0 Å². The molecular formula is C16H17N5O. The average molecular weight is 295 g/mol. The monoisotopic (exact) mass is 295 g/mol. The van der Waals surface area contributed by atoms with E-state index >= 15 is 0 Å². The van der Waals surface area contributed by atoms with Gasteiger partial charge in [0.05, 0.1) is 29.5 Å². The number of anilines is 1. The van der Waals surface area contributed by atoms with Gasteiger partial charge in [-0.3, -0.25) is 9.78 Å². The molecule has 0 spiro atoms. The Bertz CT molecular complexity index is 872. The van der Waals surface area contributed by atoms with E-state index in [-0.39, 0.29) is 5.56 Å². The fourth-order valence-corrected chi connectivity index (χ4v) is 2.27. The van der Waals surface area contributed by atoms with Crippen LogP contribution in [0.25, 0.3) is 10.8 Å². The summed E-state index contributed by atoms with van der Waals surface area (Å²) in [5.41, 5.74) is 1.62. The molecule has 0 radical (unpaired) electrons. The van der Waals surface area contributed by atoms with Crippen LogP contribution in [0, 0.1) is 13.8 Å². The van der Waals surface area contributed by atoms with Gasteiger partial charge in [-0.15, -0.1) is 0 Å². The van der Waals surface area contributed by atoms with Crippen molar-refractivity contribution in [1.29, 1.82) is 0 Å². The van der Waals surface area contributed by atoms with E-state index in [0.29, 0.717) is 18.5 Å². The minimum Gasteiger partial charge on any atom is -0.367 e. The highest BCUT2D eigenvalue weighted by Crippen LogP contribution is 2.08. The fraction of sp³-hybridized carbons (Fsp3) is 0.250. The second-order valence-electron chi connectivity index (χ2n) is 5.13. The molecule has 0 saturated heterocycles. The first-order chi connectivity index (χ1) is 10.6. The highest BCUT2D eigenvalue weighted by Gasteiger charge is 2.04. The molecule has 0 atom stereocenters. The summed E-state index contributed by atoms with van der Waals surface area (Å²) in [4.78, 5) is 21.0. The molecule has 0 amide bonds. The van der Waals surface area contributed by atoms with Crippen molar-refractivity contribution in [3.05, 3.63) is 58.4 Å². The van der Waals surface area contributed by atoms with E-state index in [9.17, 15) is 4.79 Å². The molecule has 1 aromatic carbocycles. The van der Waals surface area contributed by atoms with E-state index in [1.807, 2.05) is 38.1 Å². The highest BCUT2D eigenvalue weighted by atomic mass is 16.1. The van der Waals surface area contributed by atoms with Crippen LogP contribution in [0.1, 0.15) is 11.4 Å². The predicted molar refractivity (Wildman–Crippen MR) is 86.0 cm³/mol. The Hall–Kier alpha value is -2.76. The van der Waals surface area contributed by atoms with Crippen LogP contribution in [0.2, 0.25) is 0 Å². The normalized spacial score (nSPS) is 10.8. The molecule has 3 aromatic rings. The van der Waals surface area contributed by atoms with E-state index in [0.717, 1.165) is 22.6 Å². The van der Waals surface area contributed by atoms with E-state index in [4.69, 9.17) is 0 Å². The fourth-order valence-electron chi connectivity index (χ4n) is 2.27. The SMILES string of the molecule is Cc1cnc(C)c(NCCn2ncc3ccccc3c2=O)n1. The molecular weight excluding hydrogens is 278 g/mol. The number of nitrogens with one attached hydrogen (secondary N) is 1. The predicted octanol–water partition coefficient (Wildman–Crippen LogP) is 1.92. The molecule has 0 aliphatic rings. The van der Waals surface area contributed by atoms with Crippen LogP contribution in [-0.2, 0) is 6.54 Å². The van der Waals surface area contributed by atoms with Crippen molar-refractivity contribution in [2.45, 2.75) is 20.4 Å². The number of fused-ring (bicyclic) bond motifs is 1. The molecule has 2 heterocycles. The second kappa shape index (κ2) is 5.93. The molecule has 1 N–H and O–H groups in total. The van der Waals surface area contributed by atoms with E-state index in [1.165, 1.54) is 4.68 Å². The Kier molecular flexibility index (Phi) is 3.82. The first kappa shape index (κ1) is 14.2. The molecule has 3 rings (SSSR count). The number of hydrogen-bond donors (Lipinski definition) is 1. The minimum atomic E-state index is -0.0769. The number of aromatic nitrogens is 4. The van der Waals surface area contributed by atoms with Crippen LogP contribution < -0.4 is 10.9 Å². The van der Waals surface area contributed by atoms with Gasteiger partial charge in [0.2, 0.25) is 0 Å². The first-order valence-electron chi connectivity index (χ1n) is 7.14. The van der Waals surface area contributed by atoms with Crippen molar-refractivity contribution >= 4 is 16.6 Å². The Morgan fingerprint density at radius 3 is 2.86 bits per heavy atom. The summed E-state index contributed by atoms with van der Waals surface area (Å²) < 4.78 is 1.47. The zero-order valence-electron chi connectivity index (χ0n) is 12.6. The largest absolute Gasteiger partial charge is 0.367 e. The number of rotatable bonds is 4. The van der Waals surface area contributed by atoms with Gasteiger partial charge >= 0.3 is 0 Å². The van der Waals surface area contributed by atoms with Crippen molar-refractivity contribution in [2.24, 2.45) is 0 Å². The van der Waals surface area contributed by atoms with Gasteiger partial charge in [-0.25, -0.2) is 9.67 Å². The lowest BCUT2D eigenvalue weighted by atomic mass is 10.2. The number of aryl methyl sites for hydroxylation is 2. The zero-order chi connectivity index (χ0) is 15.5. The Morgan fingerprint density at radius 1 is 1.18 bits per heavy atom. The molecule has 112 valence electrons. The lowest BCUT2D eigenvalue weighted by molar-refractivity contribution is 0.603. The zero-order valence-corrected chi connectivity index (χ0v) is 12.6. The van der Waals surface area contributed by atoms with Gasteiger partial charge in [0.15, 0.2) is 0 Å². The molecule has 22 heavy (non-hydrogen) atoms. The third kappa shape index (κ3) is 2.81. The van der Waals surface area contributed by atoms with Crippen molar-refractivity contribution in [3.8, 4) is 0 Å². The molecule has 0 bridgehead atoms. The van der Waals surface area contributed by atoms with Gasteiger partial charge in [0.25, 0.3) is 5.56 Å². The summed E-state index contributed by atoms with van der Waals surface area (Å²) in [7, 11) is 0. The molecule has 2 aromatic heterocycles. The Labute approximate surface area is 127 Å². The Balaban J connectivity index is 1.76. The van der Waals surface area contributed by atoms with Crippen molar-refractivity contribution in [3.63, 3.8) is 0 Å². The van der Waals surface area contributed by atoms with Crippen LogP contribution in [0.15, 0.2) is 41.5 Å². The maximum Gasteiger partial charge on any atom is 0.274 e. The minimum absolute atomic E-state index is 0.0769. The quantitative estimate of drug-likeness (QED) is 0.796. The first-order valence-corrected chi connectivity index (χ1v) is 7.14. The molecule has 0 fully saturated rings. The van der Waals surface area contributed by atoms with Gasteiger partial charge in [-0.1, -0.05) is 18.2 Å². The van der Waals surface area contributed by atoms with Crippen LogP contribution in [0.5, 0.6) is 0 Å². The third-order valence-electron chi connectivity index (χ3n) is 3.45. The summed E-state index contributed by atoms with van der Waals surface area (Å²) in [5.74, 6) is 0.744. The van der Waals surface area contributed by atoms with E-state index < -0.39 is 0 Å². The van der Waals surface area contributed by atoms with Crippen LogP contribution in [0.4, 0.5) is 5.82 Å². The van der Waals surface area contributed by atoms with Gasteiger partial charge in [-0.2, -0.15) is 5.10 Å². The summed E-state index contributed by atoms with van der Waals surface area (Å²) in [5, 5.41) is 8.95. The maximum atomic E-state index is 12.3. The summed E-state index contributed by atoms with van der Waals surface area (Å²) in [6, 6.07) is 7.46. The van der Waals surface area contributed by atoms with Crippen LogP contribution in [-0.4, -0.2) is 26.3 Å². The van der Waals surface area contributed by atoms with E-state index in [1.54, 1.807) is 12.4 Å². The van der Waals surface area contributed by atoms with Crippen LogP contribution in [0.3, 0.4) is 0 Å². The molecule has 0 aliphatic carbocycles. The smallest absolute Gasteiger partial charge is 0.274 e. The molecule has 0 unspecified atom stereocenters. The number of benzene rings is 1. The standard InChI is InChI=1S/C16H17N5O/c1-11-9-18-12(2)15(20-11)17-7-8-21-16(22)14-6-4-3-5-13(14)10-19-21/h3-6,9-10H,7-8H2,1-2H3,(H,17,20). The summed E-state index contributed by atoms with van der Waals surface area (Å²) in [6.07, 6.45) is 3.45.